The lowest BCUT2D eigenvalue weighted by Gasteiger charge is -2.15. The smallest absolute Gasteiger partial charge is 0.191 e. The van der Waals surface area contributed by atoms with Gasteiger partial charge in [-0.05, 0) is 36.8 Å². The van der Waals surface area contributed by atoms with Crippen molar-refractivity contribution in [1.82, 2.24) is 15.2 Å². The molecule has 0 spiro atoms. The van der Waals surface area contributed by atoms with E-state index in [1.807, 2.05) is 37.5 Å². The third-order valence-corrected chi connectivity index (χ3v) is 3.89. The fraction of sp³-hybridized carbons (Fsp3) is 0.421. The quantitative estimate of drug-likeness (QED) is 0.469. The molecule has 2 rings (SSSR count). The van der Waals surface area contributed by atoms with Crippen molar-refractivity contribution < 1.29 is 14.6 Å². The predicted octanol–water partition coefficient (Wildman–Crippen LogP) is 1.79. The zero-order valence-electron chi connectivity index (χ0n) is 15.6. The van der Waals surface area contributed by atoms with Gasteiger partial charge in [-0.1, -0.05) is 6.07 Å². The summed E-state index contributed by atoms with van der Waals surface area (Å²) in [4.78, 5) is 4.47. The number of benzene rings is 1. The molecule has 1 atom stereocenters. The first-order chi connectivity index (χ1) is 12.7. The number of aliphatic hydroxyl groups is 1. The van der Waals surface area contributed by atoms with E-state index < -0.39 is 6.10 Å². The van der Waals surface area contributed by atoms with Crippen LogP contribution in [0.3, 0.4) is 0 Å². The van der Waals surface area contributed by atoms with E-state index in [1.54, 1.807) is 26.4 Å². The minimum Gasteiger partial charge on any atom is -0.493 e. The van der Waals surface area contributed by atoms with E-state index in [2.05, 4.69) is 20.2 Å². The number of hydrogen-bond acceptors (Lipinski definition) is 4. The van der Waals surface area contributed by atoms with E-state index in [0.29, 0.717) is 17.5 Å². The molecule has 7 nitrogen and oxygen atoms in total. The van der Waals surface area contributed by atoms with E-state index in [9.17, 15) is 5.11 Å². The zero-order chi connectivity index (χ0) is 18.8. The molecule has 26 heavy (non-hydrogen) atoms. The number of aliphatic hydroxyl groups excluding tert-OH is 1. The van der Waals surface area contributed by atoms with E-state index in [1.165, 1.54) is 0 Å². The Balaban J connectivity index is 1.94. The summed E-state index contributed by atoms with van der Waals surface area (Å²) >= 11 is 0. The molecule has 0 aliphatic carbocycles. The first-order valence-corrected chi connectivity index (χ1v) is 8.70. The number of nitrogens with one attached hydrogen (secondary N) is 2. The minimum atomic E-state index is -0.727. The average Bonchev–Trinajstić information content (AvgIpc) is 3.18. The molecule has 1 heterocycles. The summed E-state index contributed by atoms with van der Waals surface area (Å²) in [7, 11) is 3.16. The van der Waals surface area contributed by atoms with Gasteiger partial charge in [0, 0.05) is 32.0 Å². The molecule has 2 aromatic rings. The molecule has 0 radical (unpaired) electrons. The molecule has 0 aliphatic heterocycles. The predicted molar refractivity (Wildman–Crippen MR) is 103 cm³/mol. The van der Waals surface area contributed by atoms with Crippen LogP contribution in [0.25, 0.3) is 0 Å². The fourth-order valence-electron chi connectivity index (χ4n) is 2.51. The molecule has 0 fully saturated rings. The largest absolute Gasteiger partial charge is 0.493 e. The third kappa shape index (κ3) is 5.70. The Morgan fingerprint density at radius 3 is 2.54 bits per heavy atom. The molecule has 0 saturated carbocycles. The number of ether oxygens (including phenoxy) is 2. The summed E-state index contributed by atoms with van der Waals surface area (Å²) < 4.78 is 12.6. The van der Waals surface area contributed by atoms with Gasteiger partial charge < -0.3 is 29.8 Å². The average molecular weight is 360 g/mol. The van der Waals surface area contributed by atoms with Crippen molar-refractivity contribution >= 4 is 5.96 Å². The monoisotopic (exact) mass is 360 g/mol. The van der Waals surface area contributed by atoms with Gasteiger partial charge in [-0.25, -0.2) is 0 Å². The molecule has 1 aromatic carbocycles. The molecular formula is C19H28N4O3. The highest BCUT2D eigenvalue weighted by Gasteiger charge is 2.11. The van der Waals surface area contributed by atoms with Crippen LogP contribution in [0.5, 0.6) is 11.5 Å². The van der Waals surface area contributed by atoms with Crippen LogP contribution in [0.2, 0.25) is 0 Å². The minimum absolute atomic E-state index is 0.244. The SMILES string of the molecule is CCNC(=NCC(O)c1ccc(OC)c(OC)c1)NCCn1cccc1. The number of rotatable bonds is 9. The van der Waals surface area contributed by atoms with Gasteiger partial charge in [0.05, 0.1) is 26.9 Å². The first-order valence-electron chi connectivity index (χ1n) is 8.70. The number of aliphatic imine (C=N–C) groups is 1. The summed E-state index contributed by atoms with van der Waals surface area (Å²) in [6.45, 7) is 4.59. The molecule has 1 unspecified atom stereocenters. The standard InChI is InChI=1S/C19H28N4O3/c1-4-20-19(21-9-12-23-10-5-6-11-23)22-14-16(24)15-7-8-17(25-2)18(13-15)26-3/h5-8,10-11,13,16,24H,4,9,12,14H2,1-3H3,(H2,20,21,22). The second-order valence-electron chi connectivity index (χ2n) is 5.70. The summed E-state index contributed by atoms with van der Waals surface area (Å²) in [5.41, 5.74) is 0.731. The van der Waals surface area contributed by atoms with Crippen molar-refractivity contribution in [2.45, 2.75) is 19.6 Å². The van der Waals surface area contributed by atoms with Crippen LogP contribution >= 0.6 is 0 Å². The summed E-state index contributed by atoms with van der Waals surface area (Å²) in [6, 6.07) is 9.36. The number of nitrogens with zero attached hydrogens (tertiary/aromatic N) is 2. The number of guanidine groups is 1. The molecule has 142 valence electrons. The van der Waals surface area contributed by atoms with Gasteiger partial charge in [0.15, 0.2) is 17.5 Å². The maximum atomic E-state index is 10.4. The van der Waals surface area contributed by atoms with Crippen LogP contribution in [-0.4, -0.2) is 49.5 Å². The highest BCUT2D eigenvalue weighted by Crippen LogP contribution is 2.29. The molecule has 3 N–H and O–H groups in total. The number of hydrogen-bond donors (Lipinski definition) is 3. The van der Waals surface area contributed by atoms with Gasteiger partial charge in [-0.2, -0.15) is 0 Å². The normalized spacial score (nSPS) is 12.5. The van der Waals surface area contributed by atoms with E-state index in [-0.39, 0.29) is 6.54 Å². The van der Waals surface area contributed by atoms with Crippen LogP contribution < -0.4 is 20.1 Å². The van der Waals surface area contributed by atoms with Crippen molar-refractivity contribution in [3.63, 3.8) is 0 Å². The first kappa shape index (κ1) is 19.7. The van der Waals surface area contributed by atoms with Crippen molar-refractivity contribution in [2.75, 3.05) is 33.9 Å². The van der Waals surface area contributed by atoms with Crippen molar-refractivity contribution in [1.29, 1.82) is 0 Å². The molecule has 7 heteroatoms. The van der Waals surface area contributed by atoms with E-state index in [0.717, 1.165) is 25.2 Å². The van der Waals surface area contributed by atoms with Gasteiger partial charge in [0.1, 0.15) is 0 Å². The second kappa shape index (κ2) is 10.4. The highest BCUT2D eigenvalue weighted by molar-refractivity contribution is 5.79. The topological polar surface area (TPSA) is 80.0 Å². The maximum absolute atomic E-state index is 10.4. The van der Waals surface area contributed by atoms with Crippen LogP contribution in [0.4, 0.5) is 0 Å². The summed E-state index contributed by atoms with van der Waals surface area (Å²) in [5.74, 6) is 1.90. The zero-order valence-corrected chi connectivity index (χ0v) is 15.6. The van der Waals surface area contributed by atoms with Crippen LogP contribution in [0.1, 0.15) is 18.6 Å². The Bertz CT molecular complexity index is 686. The Kier molecular flexibility index (Phi) is 7.82. The second-order valence-corrected chi connectivity index (χ2v) is 5.70. The summed E-state index contributed by atoms with van der Waals surface area (Å²) in [5, 5.41) is 16.9. The Labute approximate surface area is 154 Å². The molecular weight excluding hydrogens is 332 g/mol. The lowest BCUT2D eigenvalue weighted by molar-refractivity contribution is 0.186. The van der Waals surface area contributed by atoms with Gasteiger partial charge in [-0.3, -0.25) is 4.99 Å². The van der Waals surface area contributed by atoms with Crippen LogP contribution in [0, 0.1) is 0 Å². The fourth-order valence-corrected chi connectivity index (χ4v) is 2.51. The lowest BCUT2D eigenvalue weighted by Crippen LogP contribution is -2.39. The van der Waals surface area contributed by atoms with Crippen LogP contribution in [0.15, 0.2) is 47.7 Å². The Morgan fingerprint density at radius 1 is 1.15 bits per heavy atom. The highest BCUT2D eigenvalue weighted by atomic mass is 16.5. The van der Waals surface area contributed by atoms with E-state index in [4.69, 9.17) is 9.47 Å². The van der Waals surface area contributed by atoms with E-state index >= 15 is 0 Å². The Morgan fingerprint density at radius 2 is 1.88 bits per heavy atom. The number of methoxy groups -OCH3 is 2. The summed E-state index contributed by atoms with van der Waals surface area (Å²) in [6.07, 6.45) is 3.31. The van der Waals surface area contributed by atoms with Gasteiger partial charge >= 0.3 is 0 Å². The molecule has 0 amide bonds. The van der Waals surface area contributed by atoms with Gasteiger partial charge in [0.2, 0.25) is 0 Å². The van der Waals surface area contributed by atoms with Crippen molar-refractivity contribution in [3.8, 4) is 11.5 Å². The van der Waals surface area contributed by atoms with Gasteiger partial charge in [-0.15, -0.1) is 0 Å². The van der Waals surface area contributed by atoms with Crippen LogP contribution in [-0.2, 0) is 6.54 Å². The third-order valence-electron chi connectivity index (χ3n) is 3.89. The molecule has 0 saturated heterocycles. The molecule has 1 aromatic heterocycles. The molecule has 0 bridgehead atoms. The maximum Gasteiger partial charge on any atom is 0.191 e. The van der Waals surface area contributed by atoms with Crippen molar-refractivity contribution in [2.24, 2.45) is 4.99 Å². The van der Waals surface area contributed by atoms with Gasteiger partial charge in [0.25, 0.3) is 0 Å². The Hall–Kier alpha value is -2.67. The molecule has 0 aliphatic rings. The lowest BCUT2D eigenvalue weighted by atomic mass is 10.1. The number of aromatic nitrogens is 1. The van der Waals surface area contributed by atoms with Crippen molar-refractivity contribution in [3.05, 3.63) is 48.3 Å².